The van der Waals surface area contributed by atoms with Crippen molar-refractivity contribution in [3.05, 3.63) is 99.8 Å². The van der Waals surface area contributed by atoms with E-state index < -0.39 is 23.4 Å². The Morgan fingerprint density at radius 1 is 1.09 bits per heavy atom. The summed E-state index contributed by atoms with van der Waals surface area (Å²) in [6, 6.07) is 6.03. The maximum atomic E-state index is 15.2. The number of halogens is 2. The van der Waals surface area contributed by atoms with Gasteiger partial charge in [-0.1, -0.05) is 59.9 Å². The first-order chi connectivity index (χ1) is 20.5. The van der Waals surface area contributed by atoms with E-state index in [-0.39, 0.29) is 35.9 Å². The first kappa shape index (κ1) is 32.0. The van der Waals surface area contributed by atoms with Crippen LogP contribution in [-0.4, -0.2) is 54.2 Å². The van der Waals surface area contributed by atoms with Gasteiger partial charge < -0.3 is 15.5 Å². The lowest BCUT2D eigenvalue weighted by molar-refractivity contribution is -0.136. The maximum absolute atomic E-state index is 15.2. The monoisotopic (exact) mass is 624 g/mol. The highest BCUT2D eigenvalue weighted by Crippen LogP contribution is 2.31. The molecule has 2 aromatic rings. The van der Waals surface area contributed by atoms with Crippen molar-refractivity contribution in [2.45, 2.75) is 33.1 Å². The number of carbonyl (C=O) groups is 3. The van der Waals surface area contributed by atoms with Crippen LogP contribution in [-0.2, 0) is 9.59 Å². The third kappa shape index (κ3) is 7.20. The lowest BCUT2D eigenvalue weighted by Crippen LogP contribution is -2.35. The molecule has 2 aliphatic heterocycles. The summed E-state index contributed by atoms with van der Waals surface area (Å²) in [5.74, 6) is -2.44. The van der Waals surface area contributed by atoms with E-state index in [2.05, 4.69) is 23.1 Å². The molecular weight excluding hydrogens is 589 g/mol. The molecular formula is C32H35F2N4O3PS. The number of amides is 3. The predicted octanol–water partition coefficient (Wildman–Crippen LogP) is 5.29. The Labute approximate surface area is 256 Å². The van der Waals surface area contributed by atoms with Gasteiger partial charge in [-0.05, 0) is 42.7 Å². The van der Waals surface area contributed by atoms with Crippen LogP contribution in [0, 0.1) is 11.6 Å². The van der Waals surface area contributed by atoms with Crippen molar-refractivity contribution in [1.82, 2.24) is 9.80 Å². The predicted molar refractivity (Wildman–Crippen MR) is 172 cm³/mol. The van der Waals surface area contributed by atoms with Crippen molar-refractivity contribution in [2.75, 3.05) is 31.6 Å². The molecule has 2 N–H and O–H groups in total. The number of benzene rings is 1. The van der Waals surface area contributed by atoms with Crippen molar-refractivity contribution in [3.8, 4) is 0 Å². The molecule has 1 aromatic carbocycles. The Hall–Kier alpha value is -3.88. The Kier molecular flexibility index (Phi) is 10.5. The molecule has 1 aliphatic carbocycles. The van der Waals surface area contributed by atoms with Gasteiger partial charge in [-0.3, -0.25) is 19.3 Å². The molecule has 3 amide bonds. The largest absolute Gasteiger partial charge is 0.399 e. The normalized spacial score (nSPS) is 16.6. The van der Waals surface area contributed by atoms with Crippen LogP contribution in [0.2, 0.25) is 0 Å². The number of imide groups is 1. The highest BCUT2D eigenvalue weighted by molar-refractivity contribution is 7.43. The topological polar surface area (TPSA) is 86.9 Å². The highest BCUT2D eigenvalue weighted by atomic mass is 32.1. The highest BCUT2D eigenvalue weighted by Gasteiger charge is 2.36. The van der Waals surface area contributed by atoms with E-state index in [1.807, 2.05) is 6.07 Å². The first-order valence-corrected chi connectivity index (χ1v) is 15.4. The van der Waals surface area contributed by atoms with Crippen molar-refractivity contribution < 1.29 is 23.2 Å². The van der Waals surface area contributed by atoms with Crippen LogP contribution in [0.15, 0.2) is 77.7 Å². The number of thiophene rings is 1. The van der Waals surface area contributed by atoms with Gasteiger partial charge in [0.05, 0.1) is 22.6 Å². The fourth-order valence-corrected chi connectivity index (χ4v) is 6.07. The molecule has 0 saturated heterocycles. The second-order valence-corrected chi connectivity index (χ2v) is 12.5. The molecule has 7 nitrogen and oxygen atoms in total. The first-order valence-electron chi connectivity index (χ1n) is 14.0. The summed E-state index contributed by atoms with van der Waals surface area (Å²) in [6.07, 6.45) is 12.2. The van der Waals surface area contributed by atoms with Gasteiger partial charge in [-0.15, -0.1) is 11.3 Å². The van der Waals surface area contributed by atoms with Crippen molar-refractivity contribution in [1.29, 1.82) is 0 Å². The molecule has 0 spiro atoms. The third-order valence-electron chi connectivity index (χ3n) is 6.87. The molecule has 0 fully saturated rings. The average molecular weight is 625 g/mol. The molecule has 3 aliphatic rings. The fourth-order valence-electron chi connectivity index (χ4n) is 4.85. The van der Waals surface area contributed by atoms with E-state index in [4.69, 9.17) is 5.73 Å². The maximum Gasteiger partial charge on any atom is 0.264 e. The number of nitrogens with zero attached hydrogens (tertiary/aromatic N) is 3. The van der Waals surface area contributed by atoms with E-state index in [1.165, 1.54) is 41.0 Å². The van der Waals surface area contributed by atoms with Gasteiger partial charge in [-0.2, -0.15) is 0 Å². The van der Waals surface area contributed by atoms with E-state index in [0.29, 0.717) is 41.0 Å². The lowest BCUT2D eigenvalue weighted by Gasteiger charge is -2.27. The number of carbonyl (C=O) groups excluding carboxylic acids is 3. The standard InChI is InChI=1S/C29H27F2N4O3PS.C3H8/c1-33(15-18(32)16-35-27(36)20-5-3-2-4-6-21(20)28(35)37)19-13-22(30)26(23(31)14-19)17-9-11-34(12-10-17)29(38)24-7-8-25(39)40-24;1-3-2/h3-9,13-15H,2,10-12,16,32,39H2,1H3;3H2,1-2H3/b18-15-;. The molecule has 11 heteroatoms. The summed E-state index contributed by atoms with van der Waals surface area (Å²) in [4.78, 5) is 42.9. The molecule has 43 heavy (non-hydrogen) atoms. The van der Waals surface area contributed by atoms with Gasteiger partial charge in [0.1, 0.15) is 11.6 Å². The zero-order valence-corrected chi connectivity index (χ0v) is 26.4. The van der Waals surface area contributed by atoms with Crippen molar-refractivity contribution in [3.63, 3.8) is 0 Å². The Balaban J connectivity index is 0.00000135. The summed E-state index contributed by atoms with van der Waals surface area (Å²) in [5, 5.41) is 0. The quantitative estimate of drug-likeness (QED) is 0.349. The van der Waals surface area contributed by atoms with E-state index in [1.54, 1.807) is 48.4 Å². The van der Waals surface area contributed by atoms with Gasteiger partial charge in [0, 0.05) is 47.9 Å². The van der Waals surface area contributed by atoms with E-state index in [0.717, 1.165) is 9.52 Å². The van der Waals surface area contributed by atoms with Crippen LogP contribution >= 0.6 is 20.6 Å². The van der Waals surface area contributed by atoms with Gasteiger partial charge in [0.2, 0.25) is 0 Å². The van der Waals surface area contributed by atoms with Crippen LogP contribution in [0.25, 0.3) is 5.57 Å². The molecule has 226 valence electrons. The summed E-state index contributed by atoms with van der Waals surface area (Å²) < 4.78 is 31.3. The molecule has 0 radical (unpaired) electrons. The van der Waals surface area contributed by atoms with Gasteiger partial charge >= 0.3 is 0 Å². The van der Waals surface area contributed by atoms with Crippen LogP contribution in [0.5, 0.6) is 0 Å². The summed E-state index contributed by atoms with van der Waals surface area (Å²) in [5.41, 5.74) is 7.53. The second kappa shape index (κ2) is 14.1. The van der Waals surface area contributed by atoms with Gasteiger partial charge in [0.25, 0.3) is 17.7 Å². The molecule has 1 aromatic heterocycles. The molecule has 3 heterocycles. The lowest BCUT2D eigenvalue weighted by atomic mass is 9.97. The molecule has 1 atom stereocenters. The molecule has 0 bridgehead atoms. The minimum Gasteiger partial charge on any atom is -0.399 e. The molecule has 0 saturated carbocycles. The summed E-state index contributed by atoms with van der Waals surface area (Å²) in [7, 11) is 4.13. The zero-order valence-electron chi connectivity index (χ0n) is 24.4. The minimum atomic E-state index is -0.734. The van der Waals surface area contributed by atoms with E-state index >= 15 is 8.78 Å². The summed E-state index contributed by atoms with van der Waals surface area (Å²) >= 11 is 1.38. The fraction of sp³-hybridized carbons (Fsp3) is 0.281. The Morgan fingerprint density at radius 3 is 2.21 bits per heavy atom. The van der Waals surface area contributed by atoms with Crippen molar-refractivity contribution in [2.24, 2.45) is 5.73 Å². The van der Waals surface area contributed by atoms with Gasteiger partial charge in [0.15, 0.2) is 0 Å². The van der Waals surface area contributed by atoms with Crippen LogP contribution in [0.4, 0.5) is 14.5 Å². The number of rotatable bonds is 6. The zero-order chi connectivity index (χ0) is 31.3. The molecule has 5 rings (SSSR count). The van der Waals surface area contributed by atoms with Crippen LogP contribution in [0.1, 0.15) is 48.3 Å². The number of nitrogens with two attached hydrogens (primary N) is 1. The minimum absolute atomic E-state index is 0.104. The Bertz CT molecular complexity index is 1530. The number of allylic oxidation sites excluding steroid dienone is 2. The molecule has 1 unspecified atom stereocenters. The smallest absolute Gasteiger partial charge is 0.264 e. The SMILES string of the molecule is CCC.CN(/C=C(\N)CN1C(=O)C2=C(C=CCC=C2)C1=O)c1cc(F)c(C2=CCN(C(=O)c3ccc(P)s3)CC2)c(F)c1. The third-order valence-corrected chi connectivity index (χ3v) is 8.32. The van der Waals surface area contributed by atoms with E-state index in [9.17, 15) is 14.4 Å². The number of hydrogen-bond donors (Lipinski definition) is 1. The number of hydrogen-bond acceptors (Lipinski definition) is 6. The van der Waals surface area contributed by atoms with Crippen LogP contribution < -0.4 is 15.3 Å². The average Bonchev–Trinajstić information content (AvgIpc) is 3.37. The van der Waals surface area contributed by atoms with Crippen LogP contribution in [0.3, 0.4) is 0 Å². The van der Waals surface area contributed by atoms with Gasteiger partial charge in [-0.25, -0.2) is 8.78 Å². The number of anilines is 1. The summed E-state index contributed by atoms with van der Waals surface area (Å²) in [6.45, 7) is 4.70. The second-order valence-electron chi connectivity index (χ2n) is 10.3. The Morgan fingerprint density at radius 2 is 1.70 bits per heavy atom. The van der Waals surface area contributed by atoms with Crippen molar-refractivity contribution >= 4 is 54.2 Å².